The Balaban J connectivity index is 1.92. The molecule has 0 radical (unpaired) electrons. The van der Waals surface area contributed by atoms with E-state index in [1.807, 2.05) is 48.5 Å². The Bertz CT molecular complexity index is 698. The van der Waals surface area contributed by atoms with Crippen molar-refractivity contribution >= 4 is 28.9 Å². The topological polar surface area (TPSA) is 44.6 Å². The fraction of sp³-hybridized carbons (Fsp3) is 0.278. The molecule has 3 atom stereocenters. The summed E-state index contributed by atoms with van der Waals surface area (Å²) in [7, 11) is 0. The number of hydrogen-bond acceptors (Lipinski definition) is 3. The van der Waals surface area contributed by atoms with Gasteiger partial charge in [-0.2, -0.15) is 0 Å². The number of benzene rings is 2. The van der Waals surface area contributed by atoms with Gasteiger partial charge in [0.1, 0.15) is 0 Å². The highest BCUT2D eigenvalue weighted by Crippen LogP contribution is 2.35. The first-order valence-electron chi connectivity index (χ1n) is 7.56. The lowest BCUT2D eigenvalue weighted by atomic mass is 9.81. The van der Waals surface area contributed by atoms with E-state index >= 15 is 0 Å². The molecule has 120 valence electrons. The molecule has 2 aromatic rings. The SMILES string of the molecule is CC1/C(=N\O)CC(c2ccc(Cl)cc2)NC1c1ccc(Cl)cc1. The van der Waals surface area contributed by atoms with Crippen molar-refractivity contribution in [3.05, 3.63) is 69.7 Å². The molecule has 2 aromatic carbocycles. The number of piperidine rings is 1. The van der Waals surface area contributed by atoms with Crippen LogP contribution >= 0.6 is 23.2 Å². The predicted octanol–water partition coefficient (Wildman–Crippen LogP) is 5.24. The third-order valence-corrected chi connectivity index (χ3v) is 4.95. The van der Waals surface area contributed by atoms with Crippen molar-refractivity contribution in [3.63, 3.8) is 0 Å². The standard InChI is InChI=1S/C18H18Cl2N2O/c1-11-16(22-23)10-17(12-2-6-14(19)7-3-12)21-18(11)13-4-8-15(20)9-5-13/h2-9,11,17-18,21,23H,10H2,1H3/b22-16-. The van der Waals surface area contributed by atoms with Crippen LogP contribution in [0.15, 0.2) is 53.7 Å². The lowest BCUT2D eigenvalue weighted by Gasteiger charge is -2.37. The molecule has 3 nitrogen and oxygen atoms in total. The van der Waals surface area contributed by atoms with Gasteiger partial charge in [-0.3, -0.25) is 0 Å². The maximum Gasteiger partial charge on any atom is 0.0636 e. The van der Waals surface area contributed by atoms with Crippen LogP contribution in [0.2, 0.25) is 10.0 Å². The van der Waals surface area contributed by atoms with Gasteiger partial charge in [0.2, 0.25) is 0 Å². The van der Waals surface area contributed by atoms with Crippen molar-refractivity contribution in [1.29, 1.82) is 0 Å². The summed E-state index contributed by atoms with van der Waals surface area (Å²) in [6.45, 7) is 2.07. The van der Waals surface area contributed by atoms with Crippen LogP contribution in [0.3, 0.4) is 0 Å². The summed E-state index contributed by atoms with van der Waals surface area (Å²) in [6, 6.07) is 15.7. The van der Waals surface area contributed by atoms with Crippen molar-refractivity contribution in [3.8, 4) is 0 Å². The summed E-state index contributed by atoms with van der Waals surface area (Å²) in [5.74, 6) is 0.102. The average molecular weight is 349 g/mol. The van der Waals surface area contributed by atoms with Gasteiger partial charge in [-0.05, 0) is 35.4 Å². The summed E-state index contributed by atoms with van der Waals surface area (Å²) in [5, 5.41) is 18.0. The van der Waals surface area contributed by atoms with Crippen molar-refractivity contribution in [2.24, 2.45) is 11.1 Å². The highest BCUT2D eigenvalue weighted by molar-refractivity contribution is 6.30. The summed E-state index contributed by atoms with van der Waals surface area (Å²) in [6.07, 6.45) is 0.670. The second-order valence-corrected chi connectivity index (χ2v) is 6.76. The van der Waals surface area contributed by atoms with Crippen molar-refractivity contribution in [1.82, 2.24) is 5.32 Å². The zero-order valence-electron chi connectivity index (χ0n) is 12.7. The minimum absolute atomic E-state index is 0.0626. The molecule has 3 unspecified atom stereocenters. The molecule has 0 spiro atoms. The third-order valence-electron chi connectivity index (χ3n) is 4.45. The second kappa shape index (κ2) is 6.91. The molecule has 0 bridgehead atoms. The van der Waals surface area contributed by atoms with Crippen LogP contribution in [-0.2, 0) is 0 Å². The number of oxime groups is 1. The van der Waals surface area contributed by atoms with Gasteiger partial charge in [0.25, 0.3) is 0 Å². The smallest absolute Gasteiger partial charge is 0.0636 e. The molecule has 0 aliphatic carbocycles. The number of nitrogens with zero attached hydrogens (tertiary/aromatic N) is 1. The van der Waals surface area contributed by atoms with Crippen LogP contribution in [0, 0.1) is 5.92 Å². The normalized spacial score (nSPS) is 26.4. The molecule has 23 heavy (non-hydrogen) atoms. The first kappa shape index (κ1) is 16.3. The van der Waals surface area contributed by atoms with Gasteiger partial charge in [-0.25, -0.2) is 0 Å². The number of halogens is 2. The Kier molecular flexibility index (Phi) is 4.90. The van der Waals surface area contributed by atoms with Crippen molar-refractivity contribution in [2.45, 2.75) is 25.4 Å². The highest BCUT2D eigenvalue weighted by atomic mass is 35.5. The fourth-order valence-corrected chi connectivity index (χ4v) is 3.36. The van der Waals surface area contributed by atoms with E-state index in [2.05, 4.69) is 17.4 Å². The van der Waals surface area contributed by atoms with Gasteiger partial charge in [-0.15, -0.1) is 0 Å². The van der Waals surface area contributed by atoms with Crippen LogP contribution in [0.25, 0.3) is 0 Å². The number of rotatable bonds is 2. The molecule has 3 rings (SSSR count). The Morgan fingerprint density at radius 1 is 0.957 bits per heavy atom. The van der Waals surface area contributed by atoms with Gasteiger partial charge in [0.15, 0.2) is 0 Å². The minimum Gasteiger partial charge on any atom is -0.411 e. The van der Waals surface area contributed by atoms with E-state index in [1.165, 1.54) is 0 Å². The number of hydrogen-bond donors (Lipinski definition) is 2. The van der Waals surface area contributed by atoms with Crippen LogP contribution in [0.5, 0.6) is 0 Å². The zero-order valence-corrected chi connectivity index (χ0v) is 14.2. The third kappa shape index (κ3) is 3.52. The molecule has 0 amide bonds. The first-order chi connectivity index (χ1) is 11.1. The second-order valence-electron chi connectivity index (χ2n) is 5.88. The zero-order chi connectivity index (χ0) is 16.4. The summed E-state index contributed by atoms with van der Waals surface area (Å²) in [4.78, 5) is 0. The largest absolute Gasteiger partial charge is 0.411 e. The molecule has 1 aliphatic heterocycles. The molecule has 1 fully saturated rings. The van der Waals surface area contributed by atoms with E-state index in [4.69, 9.17) is 23.2 Å². The van der Waals surface area contributed by atoms with E-state index in [9.17, 15) is 5.21 Å². The lowest BCUT2D eigenvalue weighted by Crippen LogP contribution is -2.41. The molecular weight excluding hydrogens is 331 g/mol. The van der Waals surface area contributed by atoms with Gasteiger partial charge < -0.3 is 10.5 Å². The molecular formula is C18H18Cl2N2O. The van der Waals surface area contributed by atoms with Crippen LogP contribution in [0.1, 0.15) is 36.6 Å². The lowest BCUT2D eigenvalue weighted by molar-refractivity contribution is 0.294. The fourth-order valence-electron chi connectivity index (χ4n) is 3.10. The Morgan fingerprint density at radius 2 is 1.48 bits per heavy atom. The van der Waals surface area contributed by atoms with E-state index in [0.717, 1.165) is 16.8 Å². The van der Waals surface area contributed by atoms with E-state index in [0.29, 0.717) is 16.5 Å². The predicted molar refractivity (Wildman–Crippen MR) is 94.5 cm³/mol. The molecule has 0 aromatic heterocycles. The van der Waals surface area contributed by atoms with Crippen LogP contribution in [0.4, 0.5) is 0 Å². The van der Waals surface area contributed by atoms with Crippen LogP contribution < -0.4 is 5.32 Å². The molecule has 0 saturated carbocycles. The molecule has 1 saturated heterocycles. The van der Waals surface area contributed by atoms with E-state index < -0.39 is 0 Å². The molecule has 5 heteroatoms. The maximum absolute atomic E-state index is 9.40. The quantitative estimate of drug-likeness (QED) is 0.576. The Labute approximate surface area is 145 Å². The van der Waals surface area contributed by atoms with Crippen LogP contribution in [-0.4, -0.2) is 10.9 Å². The van der Waals surface area contributed by atoms with Gasteiger partial charge in [0.05, 0.1) is 5.71 Å². The van der Waals surface area contributed by atoms with E-state index in [1.54, 1.807) is 0 Å². The van der Waals surface area contributed by atoms with Gasteiger partial charge >= 0.3 is 0 Å². The monoisotopic (exact) mass is 348 g/mol. The van der Waals surface area contributed by atoms with E-state index in [-0.39, 0.29) is 18.0 Å². The minimum atomic E-state index is 0.0626. The highest BCUT2D eigenvalue weighted by Gasteiger charge is 2.33. The number of nitrogens with one attached hydrogen (secondary N) is 1. The molecule has 1 heterocycles. The Hall–Kier alpha value is -1.55. The summed E-state index contributed by atoms with van der Waals surface area (Å²) >= 11 is 12.0. The summed E-state index contributed by atoms with van der Waals surface area (Å²) in [5.41, 5.74) is 3.05. The van der Waals surface area contributed by atoms with Gasteiger partial charge in [0, 0.05) is 34.5 Å². The molecule has 2 N–H and O–H groups in total. The van der Waals surface area contributed by atoms with Crippen molar-refractivity contribution < 1.29 is 5.21 Å². The summed E-state index contributed by atoms with van der Waals surface area (Å²) < 4.78 is 0. The Morgan fingerprint density at radius 3 is 2.00 bits per heavy atom. The molecule has 1 aliphatic rings. The maximum atomic E-state index is 9.40. The van der Waals surface area contributed by atoms with Crippen molar-refractivity contribution in [2.75, 3.05) is 0 Å². The average Bonchev–Trinajstić information content (AvgIpc) is 2.57. The first-order valence-corrected chi connectivity index (χ1v) is 8.32. The van der Waals surface area contributed by atoms with Gasteiger partial charge in [-0.1, -0.05) is 59.5 Å².